The summed E-state index contributed by atoms with van der Waals surface area (Å²) < 4.78 is 10.6. The Bertz CT molecular complexity index is 673. The molecule has 2 saturated heterocycles. The Kier molecular flexibility index (Phi) is 4.20. The molecule has 0 radical (unpaired) electrons. The minimum atomic E-state index is -1.08. The van der Waals surface area contributed by atoms with Crippen LogP contribution in [-0.4, -0.2) is 46.5 Å². The topological polar surface area (TPSA) is 84.5 Å². The molecule has 2 aromatic heterocycles. The van der Waals surface area contributed by atoms with E-state index in [1.165, 1.54) is 19.3 Å². The van der Waals surface area contributed by atoms with Gasteiger partial charge in [-0.2, -0.15) is 4.98 Å². The van der Waals surface area contributed by atoms with Gasteiger partial charge in [0.2, 0.25) is 5.82 Å². The van der Waals surface area contributed by atoms with Gasteiger partial charge in [0.05, 0.1) is 0 Å². The predicted octanol–water partition coefficient (Wildman–Crippen LogP) is 2.12. The van der Waals surface area contributed by atoms with Crippen molar-refractivity contribution in [1.82, 2.24) is 15.1 Å². The largest absolute Gasteiger partial charge is 0.381 e. The second kappa shape index (κ2) is 6.49. The third kappa shape index (κ3) is 3.01. The van der Waals surface area contributed by atoms with Crippen LogP contribution in [0, 0.1) is 0 Å². The number of piperidine rings is 1. The van der Waals surface area contributed by atoms with Crippen LogP contribution in [0.25, 0.3) is 11.4 Å². The minimum Gasteiger partial charge on any atom is -0.381 e. The van der Waals surface area contributed by atoms with E-state index in [1.54, 1.807) is 6.20 Å². The van der Waals surface area contributed by atoms with E-state index in [9.17, 15) is 5.11 Å². The van der Waals surface area contributed by atoms with Crippen molar-refractivity contribution in [1.29, 1.82) is 0 Å². The van der Waals surface area contributed by atoms with Crippen LogP contribution in [0.1, 0.15) is 38.0 Å². The van der Waals surface area contributed by atoms with Gasteiger partial charge >= 0.3 is 0 Å². The highest BCUT2D eigenvalue weighted by Gasteiger charge is 2.37. The van der Waals surface area contributed by atoms with Crippen LogP contribution < -0.4 is 4.90 Å². The van der Waals surface area contributed by atoms with Crippen LogP contribution in [0.2, 0.25) is 0 Å². The van der Waals surface area contributed by atoms with Crippen molar-refractivity contribution in [3.05, 3.63) is 24.2 Å². The molecule has 4 heterocycles. The first kappa shape index (κ1) is 15.5. The number of anilines is 1. The number of rotatable bonds is 3. The fourth-order valence-electron chi connectivity index (χ4n) is 3.28. The van der Waals surface area contributed by atoms with Crippen LogP contribution in [0.4, 0.5) is 5.82 Å². The first-order valence-electron chi connectivity index (χ1n) is 8.60. The highest BCUT2D eigenvalue weighted by Crippen LogP contribution is 2.32. The normalized spacial score (nSPS) is 21.0. The van der Waals surface area contributed by atoms with Crippen molar-refractivity contribution in [2.24, 2.45) is 0 Å². The van der Waals surface area contributed by atoms with E-state index < -0.39 is 5.60 Å². The molecule has 2 fully saturated rings. The van der Waals surface area contributed by atoms with Crippen LogP contribution in [-0.2, 0) is 10.3 Å². The van der Waals surface area contributed by atoms with Gasteiger partial charge < -0.3 is 19.3 Å². The predicted molar refractivity (Wildman–Crippen MR) is 87.5 cm³/mol. The maximum Gasteiger partial charge on any atom is 0.259 e. The summed E-state index contributed by atoms with van der Waals surface area (Å²) in [6, 6.07) is 3.96. The lowest BCUT2D eigenvalue weighted by Gasteiger charge is -2.28. The van der Waals surface area contributed by atoms with E-state index in [4.69, 9.17) is 9.26 Å². The Hall–Kier alpha value is -1.99. The Morgan fingerprint density at radius 1 is 1.08 bits per heavy atom. The quantitative estimate of drug-likeness (QED) is 0.922. The lowest BCUT2D eigenvalue weighted by molar-refractivity contribution is -0.0856. The van der Waals surface area contributed by atoms with Gasteiger partial charge in [0.15, 0.2) is 0 Å². The molecule has 0 atom stereocenters. The molecule has 2 aliphatic heterocycles. The summed E-state index contributed by atoms with van der Waals surface area (Å²) in [4.78, 5) is 11.2. The summed E-state index contributed by atoms with van der Waals surface area (Å²) in [6.45, 7) is 3.13. The highest BCUT2D eigenvalue weighted by atomic mass is 16.5. The zero-order valence-corrected chi connectivity index (χ0v) is 13.6. The smallest absolute Gasteiger partial charge is 0.259 e. The molecule has 0 saturated carbocycles. The monoisotopic (exact) mass is 330 g/mol. The first-order valence-corrected chi connectivity index (χ1v) is 8.60. The number of aliphatic hydroxyl groups is 1. The van der Waals surface area contributed by atoms with Crippen molar-refractivity contribution in [3.63, 3.8) is 0 Å². The van der Waals surface area contributed by atoms with Crippen molar-refractivity contribution in [2.75, 3.05) is 31.2 Å². The summed E-state index contributed by atoms with van der Waals surface area (Å²) in [6.07, 6.45) is 6.46. The highest BCUT2D eigenvalue weighted by molar-refractivity contribution is 5.56. The Balaban J connectivity index is 1.51. The van der Waals surface area contributed by atoms with E-state index >= 15 is 0 Å². The molecular formula is C17H22N4O3. The van der Waals surface area contributed by atoms with Crippen molar-refractivity contribution in [3.8, 4) is 11.4 Å². The van der Waals surface area contributed by atoms with Crippen LogP contribution in [0.3, 0.4) is 0 Å². The molecule has 24 heavy (non-hydrogen) atoms. The summed E-state index contributed by atoms with van der Waals surface area (Å²) in [7, 11) is 0. The first-order chi connectivity index (χ1) is 11.7. The molecule has 7 heteroatoms. The number of pyridine rings is 1. The van der Waals surface area contributed by atoms with Gasteiger partial charge in [-0.15, -0.1) is 0 Å². The average molecular weight is 330 g/mol. The zero-order valence-electron chi connectivity index (χ0n) is 13.6. The maximum atomic E-state index is 10.6. The molecule has 1 N–H and O–H groups in total. The molecular weight excluding hydrogens is 308 g/mol. The molecule has 4 rings (SSSR count). The molecule has 0 aliphatic carbocycles. The lowest BCUT2D eigenvalue weighted by Crippen LogP contribution is -2.33. The van der Waals surface area contributed by atoms with Crippen molar-refractivity contribution in [2.45, 2.75) is 37.7 Å². The zero-order chi connectivity index (χ0) is 16.4. The van der Waals surface area contributed by atoms with Gasteiger partial charge in [0.1, 0.15) is 11.4 Å². The van der Waals surface area contributed by atoms with Crippen LogP contribution in [0.5, 0.6) is 0 Å². The summed E-state index contributed by atoms with van der Waals surface area (Å²) in [5.74, 6) is 1.72. The van der Waals surface area contributed by atoms with E-state index in [-0.39, 0.29) is 5.89 Å². The lowest BCUT2D eigenvalue weighted by atomic mass is 9.94. The SMILES string of the molecule is OC1(c2nc(-c3ccc(N4CCCCC4)nc3)no2)CCOCC1. The van der Waals surface area contributed by atoms with E-state index in [0.717, 1.165) is 24.5 Å². The molecule has 7 nitrogen and oxygen atoms in total. The standard InChI is InChI=1S/C17H22N4O3/c22-17(6-10-23-11-7-17)16-19-15(20-24-16)13-4-5-14(18-12-13)21-8-2-1-3-9-21/h4-5,12,22H,1-3,6-11H2. The van der Waals surface area contributed by atoms with Crippen LogP contribution >= 0.6 is 0 Å². The van der Waals surface area contributed by atoms with Crippen LogP contribution in [0.15, 0.2) is 22.9 Å². The molecule has 2 aliphatic rings. The van der Waals surface area contributed by atoms with E-state index in [0.29, 0.717) is 31.9 Å². The van der Waals surface area contributed by atoms with Crippen molar-refractivity contribution >= 4 is 5.82 Å². The maximum absolute atomic E-state index is 10.6. The number of hydrogen-bond donors (Lipinski definition) is 1. The molecule has 0 bridgehead atoms. The number of nitrogens with zero attached hydrogens (tertiary/aromatic N) is 4. The van der Waals surface area contributed by atoms with Gasteiger partial charge in [0.25, 0.3) is 5.89 Å². The number of ether oxygens (including phenoxy) is 1. The van der Waals surface area contributed by atoms with E-state index in [1.807, 2.05) is 12.1 Å². The van der Waals surface area contributed by atoms with Gasteiger partial charge in [-0.05, 0) is 31.4 Å². The van der Waals surface area contributed by atoms with Gasteiger partial charge in [-0.1, -0.05) is 5.16 Å². The number of aromatic nitrogens is 3. The second-order valence-corrected chi connectivity index (χ2v) is 6.52. The molecule has 0 unspecified atom stereocenters. The number of hydrogen-bond acceptors (Lipinski definition) is 7. The summed E-state index contributed by atoms with van der Waals surface area (Å²) in [5.41, 5.74) is -0.286. The fraction of sp³-hybridized carbons (Fsp3) is 0.588. The Labute approximate surface area is 140 Å². The van der Waals surface area contributed by atoms with Gasteiger partial charge in [-0.3, -0.25) is 0 Å². The van der Waals surface area contributed by atoms with E-state index in [2.05, 4.69) is 20.0 Å². The molecule has 128 valence electrons. The Morgan fingerprint density at radius 2 is 1.88 bits per heavy atom. The van der Waals surface area contributed by atoms with Gasteiger partial charge in [-0.25, -0.2) is 4.98 Å². The van der Waals surface area contributed by atoms with Gasteiger partial charge in [0, 0.05) is 50.9 Å². The molecule has 0 amide bonds. The Morgan fingerprint density at radius 3 is 2.58 bits per heavy atom. The summed E-state index contributed by atoms with van der Waals surface area (Å²) in [5, 5.41) is 14.6. The molecule has 2 aromatic rings. The fourth-order valence-corrected chi connectivity index (χ4v) is 3.28. The minimum absolute atomic E-state index is 0.265. The average Bonchev–Trinajstić information content (AvgIpc) is 3.14. The van der Waals surface area contributed by atoms with Crippen molar-refractivity contribution < 1.29 is 14.4 Å². The second-order valence-electron chi connectivity index (χ2n) is 6.52. The molecule has 0 spiro atoms. The third-order valence-corrected chi connectivity index (χ3v) is 4.83. The third-order valence-electron chi connectivity index (χ3n) is 4.83. The molecule has 0 aromatic carbocycles. The summed E-state index contributed by atoms with van der Waals surface area (Å²) >= 11 is 0.